The molecule has 2 heterocycles. The topological polar surface area (TPSA) is 42.4 Å². The quantitative estimate of drug-likeness (QED) is 0.854. The zero-order valence-electron chi connectivity index (χ0n) is 10.8. The van der Waals surface area contributed by atoms with Crippen molar-refractivity contribution in [1.29, 1.82) is 0 Å². The number of nitrogens with two attached hydrogens (primary N) is 1. The summed E-state index contributed by atoms with van der Waals surface area (Å²) in [5.41, 5.74) is 5.95. The summed E-state index contributed by atoms with van der Waals surface area (Å²) < 4.78 is 5.54. The van der Waals surface area contributed by atoms with E-state index in [1.165, 1.54) is 32.1 Å². The lowest BCUT2D eigenvalue weighted by atomic mass is 9.95. The maximum Gasteiger partial charge on any atom is 0.122 e. The van der Waals surface area contributed by atoms with Gasteiger partial charge in [-0.15, -0.1) is 0 Å². The van der Waals surface area contributed by atoms with Gasteiger partial charge in [0.25, 0.3) is 0 Å². The summed E-state index contributed by atoms with van der Waals surface area (Å²) in [4.78, 5) is 2.56. The van der Waals surface area contributed by atoms with E-state index in [1.54, 1.807) is 6.26 Å². The van der Waals surface area contributed by atoms with Crippen LogP contribution in [0.15, 0.2) is 22.8 Å². The van der Waals surface area contributed by atoms with Crippen molar-refractivity contribution in [2.75, 3.05) is 13.1 Å². The molecule has 1 aromatic rings. The Labute approximate surface area is 104 Å². The number of rotatable bonds is 5. The molecule has 1 saturated heterocycles. The van der Waals surface area contributed by atoms with Crippen LogP contribution >= 0.6 is 0 Å². The van der Waals surface area contributed by atoms with Crippen molar-refractivity contribution in [3.63, 3.8) is 0 Å². The average molecular weight is 236 g/mol. The largest absolute Gasteiger partial charge is 0.468 e. The van der Waals surface area contributed by atoms with Gasteiger partial charge in [0.1, 0.15) is 5.76 Å². The van der Waals surface area contributed by atoms with Gasteiger partial charge < -0.3 is 10.2 Å². The van der Waals surface area contributed by atoms with Crippen molar-refractivity contribution in [3.05, 3.63) is 24.2 Å². The molecule has 0 aliphatic carbocycles. The molecule has 0 amide bonds. The molecule has 0 radical (unpaired) electrons. The molecular weight excluding hydrogens is 212 g/mol. The molecular formula is C14H24N2O. The second-order valence-electron chi connectivity index (χ2n) is 4.94. The zero-order chi connectivity index (χ0) is 12.1. The molecule has 1 fully saturated rings. The van der Waals surface area contributed by atoms with E-state index in [9.17, 15) is 0 Å². The Morgan fingerprint density at radius 3 is 3.06 bits per heavy atom. The van der Waals surface area contributed by atoms with Gasteiger partial charge in [-0.3, -0.25) is 4.90 Å². The summed E-state index contributed by atoms with van der Waals surface area (Å²) in [5.74, 6) is 1.02. The van der Waals surface area contributed by atoms with Gasteiger partial charge in [0, 0.05) is 12.6 Å². The SMILES string of the molecule is CCCC1CCCCN1C(CN)c1ccco1. The lowest BCUT2D eigenvalue weighted by molar-refractivity contribution is 0.0800. The highest BCUT2D eigenvalue weighted by Crippen LogP contribution is 2.30. The van der Waals surface area contributed by atoms with Crippen LogP contribution in [0.1, 0.15) is 50.8 Å². The third-order valence-electron chi connectivity index (χ3n) is 3.79. The van der Waals surface area contributed by atoms with E-state index in [0.29, 0.717) is 12.6 Å². The van der Waals surface area contributed by atoms with Gasteiger partial charge >= 0.3 is 0 Å². The number of nitrogens with zero attached hydrogens (tertiary/aromatic N) is 1. The summed E-state index contributed by atoms with van der Waals surface area (Å²) in [6.07, 6.45) is 8.23. The first-order valence-electron chi connectivity index (χ1n) is 6.86. The zero-order valence-corrected chi connectivity index (χ0v) is 10.8. The first kappa shape index (κ1) is 12.7. The molecule has 2 atom stereocenters. The molecule has 2 unspecified atom stereocenters. The van der Waals surface area contributed by atoms with Gasteiger partial charge in [0.2, 0.25) is 0 Å². The lowest BCUT2D eigenvalue weighted by Gasteiger charge is -2.40. The smallest absolute Gasteiger partial charge is 0.122 e. The third kappa shape index (κ3) is 2.90. The van der Waals surface area contributed by atoms with Gasteiger partial charge in [-0.2, -0.15) is 0 Å². The first-order chi connectivity index (χ1) is 8.36. The van der Waals surface area contributed by atoms with Crippen LogP contribution in [0.25, 0.3) is 0 Å². The van der Waals surface area contributed by atoms with E-state index in [4.69, 9.17) is 10.2 Å². The molecule has 0 spiro atoms. The normalized spacial score (nSPS) is 23.8. The minimum absolute atomic E-state index is 0.266. The Morgan fingerprint density at radius 2 is 2.41 bits per heavy atom. The Balaban J connectivity index is 2.10. The standard InChI is InChI=1S/C14H24N2O/c1-2-6-12-7-3-4-9-16(12)13(11-15)14-8-5-10-17-14/h5,8,10,12-13H,2-4,6-7,9,11,15H2,1H3. The van der Waals surface area contributed by atoms with E-state index < -0.39 is 0 Å². The summed E-state index contributed by atoms with van der Waals surface area (Å²) in [7, 11) is 0. The number of hydrogen-bond donors (Lipinski definition) is 1. The second kappa shape index (κ2) is 6.22. The van der Waals surface area contributed by atoms with Crippen LogP contribution in [0.5, 0.6) is 0 Å². The van der Waals surface area contributed by atoms with E-state index >= 15 is 0 Å². The molecule has 0 aromatic carbocycles. The van der Waals surface area contributed by atoms with E-state index in [0.717, 1.165) is 12.3 Å². The molecule has 1 aliphatic rings. The monoisotopic (exact) mass is 236 g/mol. The molecule has 3 nitrogen and oxygen atoms in total. The highest BCUT2D eigenvalue weighted by molar-refractivity contribution is 5.06. The fourth-order valence-corrected chi connectivity index (χ4v) is 2.97. The summed E-state index contributed by atoms with van der Waals surface area (Å²) in [5, 5.41) is 0. The predicted octanol–water partition coefficient (Wildman–Crippen LogP) is 2.93. The highest BCUT2D eigenvalue weighted by Gasteiger charge is 2.29. The third-order valence-corrected chi connectivity index (χ3v) is 3.79. The van der Waals surface area contributed by atoms with Crippen molar-refractivity contribution in [2.45, 2.75) is 51.1 Å². The molecule has 96 valence electrons. The Morgan fingerprint density at radius 1 is 1.53 bits per heavy atom. The van der Waals surface area contributed by atoms with Crippen LogP contribution in [0.3, 0.4) is 0 Å². The fraction of sp³-hybridized carbons (Fsp3) is 0.714. The first-order valence-corrected chi connectivity index (χ1v) is 6.86. The Hall–Kier alpha value is -0.800. The van der Waals surface area contributed by atoms with Crippen molar-refractivity contribution in [3.8, 4) is 0 Å². The van der Waals surface area contributed by atoms with Gasteiger partial charge in [-0.05, 0) is 37.9 Å². The van der Waals surface area contributed by atoms with Crippen molar-refractivity contribution < 1.29 is 4.42 Å². The molecule has 17 heavy (non-hydrogen) atoms. The summed E-state index contributed by atoms with van der Waals surface area (Å²) in [6.45, 7) is 4.07. The van der Waals surface area contributed by atoms with Crippen molar-refractivity contribution >= 4 is 0 Å². The number of likely N-dealkylation sites (tertiary alicyclic amines) is 1. The van der Waals surface area contributed by atoms with Crippen LogP contribution in [0.4, 0.5) is 0 Å². The van der Waals surface area contributed by atoms with Crippen molar-refractivity contribution in [1.82, 2.24) is 4.90 Å². The molecule has 0 saturated carbocycles. The number of furan rings is 1. The lowest BCUT2D eigenvalue weighted by Crippen LogP contribution is -2.44. The van der Waals surface area contributed by atoms with Crippen LogP contribution < -0.4 is 5.73 Å². The molecule has 3 heteroatoms. The number of piperidine rings is 1. The number of hydrogen-bond acceptors (Lipinski definition) is 3. The minimum atomic E-state index is 0.266. The maximum absolute atomic E-state index is 5.95. The molecule has 2 N–H and O–H groups in total. The van der Waals surface area contributed by atoms with E-state index in [2.05, 4.69) is 17.9 Å². The Bertz CT molecular complexity index is 308. The van der Waals surface area contributed by atoms with E-state index in [1.807, 2.05) is 6.07 Å². The van der Waals surface area contributed by atoms with Crippen LogP contribution in [-0.4, -0.2) is 24.0 Å². The molecule has 0 bridgehead atoms. The molecule has 1 aliphatic heterocycles. The second-order valence-corrected chi connectivity index (χ2v) is 4.94. The minimum Gasteiger partial charge on any atom is -0.468 e. The van der Waals surface area contributed by atoms with Gasteiger partial charge in [0.15, 0.2) is 0 Å². The van der Waals surface area contributed by atoms with Crippen LogP contribution in [0, 0.1) is 0 Å². The molecule has 2 rings (SSSR count). The van der Waals surface area contributed by atoms with Gasteiger partial charge in [-0.1, -0.05) is 19.8 Å². The summed E-state index contributed by atoms with van der Waals surface area (Å²) >= 11 is 0. The van der Waals surface area contributed by atoms with Crippen LogP contribution in [-0.2, 0) is 0 Å². The van der Waals surface area contributed by atoms with Crippen molar-refractivity contribution in [2.24, 2.45) is 5.73 Å². The predicted molar refractivity (Wildman–Crippen MR) is 69.8 cm³/mol. The summed E-state index contributed by atoms with van der Waals surface area (Å²) in [6, 6.07) is 4.96. The highest BCUT2D eigenvalue weighted by atomic mass is 16.3. The maximum atomic E-state index is 5.95. The van der Waals surface area contributed by atoms with Crippen LogP contribution in [0.2, 0.25) is 0 Å². The fourth-order valence-electron chi connectivity index (χ4n) is 2.97. The molecule has 1 aromatic heterocycles. The average Bonchev–Trinajstić information content (AvgIpc) is 2.86. The van der Waals surface area contributed by atoms with E-state index in [-0.39, 0.29) is 6.04 Å². The Kier molecular flexibility index (Phi) is 4.63. The van der Waals surface area contributed by atoms with Gasteiger partial charge in [-0.25, -0.2) is 0 Å². The van der Waals surface area contributed by atoms with Gasteiger partial charge in [0.05, 0.1) is 12.3 Å².